The quantitative estimate of drug-likeness (QED) is 0.913. The smallest absolute Gasteiger partial charge is 0.137 e. The maximum Gasteiger partial charge on any atom is 0.137 e. The normalized spacial score (nSPS) is 17.9. The highest BCUT2D eigenvalue weighted by Crippen LogP contribution is 2.30. The maximum absolute atomic E-state index is 10.0. The van der Waals surface area contributed by atoms with Crippen LogP contribution in [0.3, 0.4) is 0 Å². The van der Waals surface area contributed by atoms with Crippen LogP contribution in [0.25, 0.3) is 0 Å². The van der Waals surface area contributed by atoms with E-state index in [1.165, 1.54) is 5.56 Å². The van der Waals surface area contributed by atoms with Gasteiger partial charge in [-0.15, -0.1) is 0 Å². The van der Waals surface area contributed by atoms with Crippen LogP contribution in [0.5, 0.6) is 11.5 Å². The number of fused-ring (bicyclic) bond motifs is 1. The molecule has 110 valence electrons. The van der Waals surface area contributed by atoms with E-state index < -0.39 is 6.10 Å². The van der Waals surface area contributed by atoms with Gasteiger partial charge in [0, 0.05) is 12.0 Å². The minimum atomic E-state index is -0.483. The minimum Gasteiger partial charge on any atom is -0.489 e. The van der Waals surface area contributed by atoms with Crippen LogP contribution in [0.1, 0.15) is 30.6 Å². The van der Waals surface area contributed by atoms with Crippen LogP contribution >= 0.6 is 0 Å². The second-order valence-corrected chi connectivity index (χ2v) is 5.32. The molecule has 0 saturated carbocycles. The monoisotopic (exact) mass is 284 g/mol. The summed E-state index contributed by atoms with van der Waals surface area (Å²) in [5.41, 5.74) is 2.07. The van der Waals surface area contributed by atoms with Gasteiger partial charge in [-0.3, -0.25) is 0 Å². The fourth-order valence-corrected chi connectivity index (χ4v) is 2.64. The molecule has 0 spiro atoms. The van der Waals surface area contributed by atoms with E-state index in [4.69, 9.17) is 9.47 Å². The van der Waals surface area contributed by atoms with Crippen molar-refractivity contribution in [3.05, 3.63) is 59.7 Å². The third-order valence-corrected chi connectivity index (χ3v) is 3.80. The Hall–Kier alpha value is -2.00. The lowest BCUT2D eigenvalue weighted by molar-refractivity contribution is 0.137. The Bertz CT molecular complexity index is 584. The van der Waals surface area contributed by atoms with Gasteiger partial charge in [-0.1, -0.05) is 43.3 Å². The van der Waals surface area contributed by atoms with Crippen LogP contribution < -0.4 is 9.47 Å². The van der Waals surface area contributed by atoms with Crippen LogP contribution in [0.15, 0.2) is 48.5 Å². The molecule has 0 fully saturated rings. The van der Waals surface area contributed by atoms with Crippen LogP contribution in [-0.4, -0.2) is 17.8 Å². The first-order chi connectivity index (χ1) is 10.3. The summed E-state index contributed by atoms with van der Waals surface area (Å²) in [6, 6.07) is 15.7. The zero-order valence-corrected chi connectivity index (χ0v) is 12.2. The molecule has 2 aromatic rings. The summed E-state index contributed by atoms with van der Waals surface area (Å²) in [4.78, 5) is 0. The van der Waals surface area contributed by atoms with Crippen LogP contribution in [-0.2, 0) is 6.42 Å². The van der Waals surface area contributed by atoms with Crippen LogP contribution in [0.2, 0.25) is 0 Å². The predicted molar refractivity (Wildman–Crippen MR) is 81.7 cm³/mol. The van der Waals surface area contributed by atoms with E-state index in [0.29, 0.717) is 13.0 Å². The van der Waals surface area contributed by atoms with Gasteiger partial charge in [-0.25, -0.2) is 0 Å². The molecule has 1 aliphatic rings. The lowest BCUT2D eigenvalue weighted by Crippen LogP contribution is -2.22. The van der Waals surface area contributed by atoms with Gasteiger partial charge in [0.2, 0.25) is 0 Å². The molecule has 3 heteroatoms. The molecule has 3 nitrogen and oxygen atoms in total. The fourth-order valence-electron chi connectivity index (χ4n) is 2.64. The van der Waals surface area contributed by atoms with Crippen molar-refractivity contribution in [1.82, 2.24) is 0 Å². The first kappa shape index (κ1) is 14.0. The van der Waals surface area contributed by atoms with Gasteiger partial charge in [-0.2, -0.15) is 0 Å². The molecule has 1 aliphatic heterocycles. The molecular formula is C18H20O3. The number of benzene rings is 2. The molecule has 2 atom stereocenters. The molecule has 21 heavy (non-hydrogen) atoms. The zero-order chi connectivity index (χ0) is 14.7. The molecule has 3 rings (SSSR count). The molecule has 1 unspecified atom stereocenters. The standard InChI is InChI=1S/C18H20O3/c1-2-16(19)15-8-4-6-10-18(15)20-12-14-11-13-7-3-5-9-17(13)21-14/h3-10,14,16,19H,2,11-12H2,1H3/t14?,16-/m1/s1. The Kier molecular flexibility index (Phi) is 4.11. The van der Waals surface area contributed by atoms with E-state index in [1.54, 1.807) is 0 Å². The first-order valence-corrected chi connectivity index (χ1v) is 7.42. The van der Waals surface area contributed by atoms with Gasteiger partial charge in [0.1, 0.15) is 24.2 Å². The number of hydrogen-bond donors (Lipinski definition) is 1. The summed E-state index contributed by atoms with van der Waals surface area (Å²) in [7, 11) is 0. The van der Waals surface area contributed by atoms with Crippen molar-refractivity contribution in [2.45, 2.75) is 32.0 Å². The number of ether oxygens (including phenoxy) is 2. The molecule has 1 N–H and O–H groups in total. The molecule has 0 radical (unpaired) electrons. The van der Waals surface area contributed by atoms with Gasteiger partial charge >= 0.3 is 0 Å². The van der Waals surface area contributed by atoms with Crippen molar-refractivity contribution in [3.63, 3.8) is 0 Å². The van der Waals surface area contributed by atoms with Crippen molar-refractivity contribution in [1.29, 1.82) is 0 Å². The van der Waals surface area contributed by atoms with Crippen molar-refractivity contribution in [2.24, 2.45) is 0 Å². The fraction of sp³-hybridized carbons (Fsp3) is 0.333. The molecule has 2 aromatic carbocycles. The van der Waals surface area contributed by atoms with E-state index in [2.05, 4.69) is 6.07 Å². The van der Waals surface area contributed by atoms with E-state index in [9.17, 15) is 5.11 Å². The number of para-hydroxylation sites is 2. The largest absolute Gasteiger partial charge is 0.489 e. The summed E-state index contributed by atoms with van der Waals surface area (Å²) in [6.07, 6.45) is 1.09. The minimum absolute atomic E-state index is 0.0363. The van der Waals surface area contributed by atoms with Gasteiger partial charge in [0.25, 0.3) is 0 Å². The van der Waals surface area contributed by atoms with E-state index >= 15 is 0 Å². The Labute approximate surface area is 125 Å². The lowest BCUT2D eigenvalue weighted by atomic mass is 10.1. The van der Waals surface area contributed by atoms with Crippen molar-refractivity contribution in [3.8, 4) is 11.5 Å². The highest BCUT2D eigenvalue weighted by atomic mass is 16.5. The lowest BCUT2D eigenvalue weighted by Gasteiger charge is -2.17. The third-order valence-electron chi connectivity index (χ3n) is 3.80. The van der Waals surface area contributed by atoms with Gasteiger partial charge in [0.15, 0.2) is 0 Å². The van der Waals surface area contributed by atoms with E-state index in [-0.39, 0.29) is 6.10 Å². The summed E-state index contributed by atoms with van der Waals surface area (Å²) in [5.74, 6) is 1.69. The Morgan fingerprint density at radius 3 is 2.76 bits per heavy atom. The average molecular weight is 284 g/mol. The molecule has 0 bridgehead atoms. The average Bonchev–Trinajstić information content (AvgIpc) is 2.95. The van der Waals surface area contributed by atoms with E-state index in [1.807, 2.05) is 49.4 Å². The second-order valence-electron chi connectivity index (χ2n) is 5.32. The summed E-state index contributed by atoms with van der Waals surface area (Å²) >= 11 is 0. The van der Waals surface area contributed by atoms with Gasteiger partial charge < -0.3 is 14.6 Å². The van der Waals surface area contributed by atoms with Gasteiger partial charge in [-0.05, 0) is 24.1 Å². The molecule has 0 aromatic heterocycles. The highest BCUT2D eigenvalue weighted by molar-refractivity contribution is 5.38. The SMILES string of the molecule is CC[C@@H](O)c1ccccc1OCC1Cc2ccccc2O1. The molecule has 0 aliphatic carbocycles. The van der Waals surface area contributed by atoms with Crippen molar-refractivity contribution < 1.29 is 14.6 Å². The zero-order valence-electron chi connectivity index (χ0n) is 12.2. The number of hydrogen-bond acceptors (Lipinski definition) is 3. The topological polar surface area (TPSA) is 38.7 Å². The Morgan fingerprint density at radius 2 is 1.95 bits per heavy atom. The predicted octanol–water partition coefficient (Wildman–Crippen LogP) is 3.51. The molecule has 0 amide bonds. The van der Waals surface area contributed by atoms with Crippen LogP contribution in [0.4, 0.5) is 0 Å². The highest BCUT2D eigenvalue weighted by Gasteiger charge is 2.23. The van der Waals surface area contributed by atoms with Crippen LogP contribution in [0, 0.1) is 0 Å². The summed E-state index contributed by atoms with van der Waals surface area (Å²) in [5, 5.41) is 10.0. The van der Waals surface area contributed by atoms with Gasteiger partial charge in [0.05, 0.1) is 6.10 Å². The maximum atomic E-state index is 10.0. The Morgan fingerprint density at radius 1 is 1.19 bits per heavy atom. The van der Waals surface area contributed by atoms with Crippen molar-refractivity contribution in [2.75, 3.05) is 6.61 Å². The number of aliphatic hydroxyl groups is 1. The summed E-state index contributed by atoms with van der Waals surface area (Å²) < 4.78 is 11.8. The molecule has 1 heterocycles. The number of rotatable bonds is 5. The number of aliphatic hydroxyl groups excluding tert-OH is 1. The van der Waals surface area contributed by atoms with E-state index in [0.717, 1.165) is 23.5 Å². The third kappa shape index (κ3) is 3.03. The molecular weight excluding hydrogens is 264 g/mol. The first-order valence-electron chi connectivity index (χ1n) is 7.42. The summed E-state index contributed by atoms with van der Waals surface area (Å²) in [6.45, 7) is 2.44. The second kappa shape index (κ2) is 6.19. The Balaban J connectivity index is 1.65. The van der Waals surface area contributed by atoms with Crippen molar-refractivity contribution >= 4 is 0 Å². The molecule has 0 saturated heterocycles.